The second-order valence-electron chi connectivity index (χ2n) is 6.97. The Morgan fingerprint density at radius 2 is 1.96 bits per heavy atom. The average molecular weight is 356 g/mol. The Balaban J connectivity index is 2.22. The first-order valence-corrected chi connectivity index (χ1v) is 9.33. The van der Waals surface area contributed by atoms with Gasteiger partial charge in [0.25, 0.3) is 0 Å². The fraction of sp³-hybridized carbons (Fsp3) is 0.450. The summed E-state index contributed by atoms with van der Waals surface area (Å²) in [6.45, 7) is 11.6. The maximum Gasteiger partial charge on any atom is 0.234 e. The van der Waals surface area contributed by atoms with E-state index in [1.165, 1.54) is 11.8 Å². The van der Waals surface area contributed by atoms with Crippen molar-refractivity contribution in [2.75, 3.05) is 0 Å². The maximum atomic E-state index is 12.5. The highest BCUT2D eigenvalue weighted by molar-refractivity contribution is 8.00. The molecule has 2 rings (SSSR count). The first kappa shape index (κ1) is 19.3. The smallest absolute Gasteiger partial charge is 0.234 e. The van der Waals surface area contributed by atoms with Gasteiger partial charge in [0.1, 0.15) is 5.54 Å². The third-order valence-electron chi connectivity index (χ3n) is 4.66. The molecule has 1 heterocycles. The van der Waals surface area contributed by atoms with E-state index in [0.717, 1.165) is 27.1 Å². The number of thioether (sulfide) groups is 1. The molecule has 25 heavy (non-hydrogen) atoms. The van der Waals surface area contributed by atoms with E-state index in [1.807, 2.05) is 45.9 Å². The second kappa shape index (κ2) is 7.45. The normalized spacial score (nSPS) is 14.8. The van der Waals surface area contributed by atoms with E-state index in [9.17, 15) is 10.1 Å². The Morgan fingerprint density at radius 1 is 1.28 bits per heavy atom. The van der Waals surface area contributed by atoms with Crippen LogP contribution in [-0.2, 0) is 4.79 Å². The van der Waals surface area contributed by atoms with Crippen molar-refractivity contribution < 1.29 is 4.79 Å². The molecule has 0 aliphatic rings. The first-order valence-electron chi connectivity index (χ1n) is 8.45. The van der Waals surface area contributed by atoms with Crippen LogP contribution in [0.5, 0.6) is 0 Å². The van der Waals surface area contributed by atoms with Crippen molar-refractivity contribution in [3.8, 4) is 6.07 Å². The van der Waals surface area contributed by atoms with Gasteiger partial charge in [-0.2, -0.15) is 5.26 Å². The van der Waals surface area contributed by atoms with Crippen LogP contribution < -0.4 is 5.32 Å². The lowest BCUT2D eigenvalue weighted by Gasteiger charge is -2.28. The van der Waals surface area contributed by atoms with Crippen molar-refractivity contribution in [1.82, 2.24) is 10.3 Å². The maximum absolute atomic E-state index is 12.5. The van der Waals surface area contributed by atoms with Crippen molar-refractivity contribution in [3.63, 3.8) is 0 Å². The third kappa shape index (κ3) is 4.13. The highest BCUT2D eigenvalue weighted by atomic mass is 32.2. The summed E-state index contributed by atoms with van der Waals surface area (Å²) in [5, 5.41) is 13.9. The number of nitrogens with zero attached hydrogens (tertiary/aromatic N) is 2. The summed E-state index contributed by atoms with van der Waals surface area (Å²) < 4.78 is 0. The first-order chi connectivity index (χ1) is 11.7. The fourth-order valence-electron chi connectivity index (χ4n) is 2.48. The molecule has 5 heteroatoms. The highest BCUT2D eigenvalue weighted by Crippen LogP contribution is 2.28. The minimum atomic E-state index is -0.866. The van der Waals surface area contributed by atoms with Crippen LogP contribution in [0.4, 0.5) is 0 Å². The molecule has 0 spiro atoms. The van der Waals surface area contributed by atoms with E-state index in [0.29, 0.717) is 0 Å². The minimum Gasteiger partial charge on any atom is -0.337 e. The molecule has 0 unspecified atom stereocenters. The lowest BCUT2D eigenvalue weighted by Crippen LogP contribution is -2.51. The number of pyridine rings is 1. The predicted molar refractivity (Wildman–Crippen MR) is 104 cm³/mol. The number of aromatic nitrogens is 1. The molecule has 1 aromatic carbocycles. The van der Waals surface area contributed by atoms with Crippen molar-refractivity contribution in [3.05, 3.63) is 35.4 Å². The molecule has 1 N–H and O–H groups in total. The van der Waals surface area contributed by atoms with E-state index < -0.39 is 5.54 Å². The zero-order chi connectivity index (χ0) is 18.8. The molecule has 0 saturated carbocycles. The Bertz CT molecular complexity index is 841. The van der Waals surface area contributed by atoms with Gasteiger partial charge in [-0.25, -0.2) is 4.98 Å². The van der Waals surface area contributed by atoms with Crippen LogP contribution in [0.15, 0.2) is 29.3 Å². The zero-order valence-electron chi connectivity index (χ0n) is 15.7. The monoisotopic (exact) mass is 355 g/mol. The number of aryl methyl sites for hydroxylation is 2. The molecular formula is C20H25N3OS. The van der Waals surface area contributed by atoms with Gasteiger partial charge in [-0.05, 0) is 50.8 Å². The van der Waals surface area contributed by atoms with Gasteiger partial charge < -0.3 is 5.32 Å². The molecule has 2 aromatic rings. The van der Waals surface area contributed by atoms with Gasteiger partial charge in [0.2, 0.25) is 5.91 Å². The number of hydrogen-bond acceptors (Lipinski definition) is 4. The number of amides is 1. The van der Waals surface area contributed by atoms with E-state index in [2.05, 4.69) is 24.4 Å². The van der Waals surface area contributed by atoms with E-state index in [1.54, 1.807) is 6.92 Å². The van der Waals surface area contributed by atoms with E-state index in [-0.39, 0.29) is 17.1 Å². The number of hydrogen-bond donors (Lipinski definition) is 1. The molecule has 0 aliphatic carbocycles. The van der Waals surface area contributed by atoms with Gasteiger partial charge >= 0.3 is 0 Å². The highest BCUT2D eigenvalue weighted by Gasteiger charge is 2.31. The number of carbonyl (C=O) groups excluding carboxylic acids is 1. The van der Waals surface area contributed by atoms with Crippen molar-refractivity contribution in [2.45, 2.75) is 57.4 Å². The van der Waals surface area contributed by atoms with Crippen LogP contribution in [0.1, 0.15) is 38.8 Å². The average Bonchev–Trinajstić information content (AvgIpc) is 2.55. The number of benzene rings is 1. The topological polar surface area (TPSA) is 65.8 Å². The van der Waals surface area contributed by atoms with E-state index in [4.69, 9.17) is 4.98 Å². The van der Waals surface area contributed by atoms with Gasteiger partial charge in [-0.15, -0.1) is 0 Å². The molecule has 0 fully saturated rings. The number of nitriles is 1. The number of rotatable bonds is 5. The summed E-state index contributed by atoms with van der Waals surface area (Å²) in [6, 6.07) is 10.4. The molecule has 0 radical (unpaired) electrons. The summed E-state index contributed by atoms with van der Waals surface area (Å²) >= 11 is 1.42. The van der Waals surface area contributed by atoms with Crippen LogP contribution in [0.25, 0.3) is 10.9 Å². The van der Waals surface area contributed by atoms with Crippen LogP contribution in [0.3, 0.4) is 0 Å². The van der Waals surface area contributed by atoms with Gasteiger partial charge in [-0.3, -0.25) is 4.79 Å². The summed E-state index contributed by atoms with van der Waals surface area (Å²) in [7, 11) is 0. The fourth-order valence-corrected chi connectivity index (χ4v) is 3.40. The minimum absolute atomic E-state index is 0.0299. The van der Waals surface area contributed by atoms with Gasteiger partial charge in [0.15, 0.2) is 0 Å². The molecule has 1 amide bonds. The van der Waals surface area contributed by atoms with Crippen LogP contribution >= 0.6 is 11.8 Å². The standard InChI is InChI=1S/C20H25N3OS/c1-12(2)20(6,11-21)23-19(24)15(5)25-17-10-14(4)16-9-7-8-13(3)18(16)22-17/h7-10,12,15H,1-6H3,(H,23,24)/t15-,20-/m0/s1. The number of nitrogens with one attached hydrogen (secondary N) is 1. The number of para-hydroxylation sites is 1. The van der Waals surface area contributed by atoms with Gasteiger partial charge in [0.05, 0.1) is 21.9 Å². The summed E-state index contributed by atoms with van der Waals surface area (Å²) in [5.41, 5.74) is 2.38. The molecule has 1 aromatic heterocycles. The molecule has 0 bridgehead atoms. The predicted octanol–water partition coefficient (Wildman–Crippen LogP) is 4.39. The summed E-state index contributed by atoms with van der Waals surface area (Å²) in [6.07, 6.45) is 0. The molecular weight excluding hydrogens is 330 g/mol. The molecule has 2 atom stereocenters. The quantitative estimate of drug-likeness (QED) is 0.808. The van der Waals surface area contributed by atoms with Crippen LogP contribution in [-0.4, -0.2) is 21.7 Å². The van der Waals surface area contributed by atoms with Gasteiger partial charge in [0, 0.05) is 5.39 Å². The largest absolute Gasteiger partial charge is 0.337 e. The van der Waals surface area contributed by atoms with E-state index >= 15 is 0 Å². The zero-order valence-corrected chi connectivity index (χ0v) is 16.5. The lowest BCUT2D eigenvalue weighted by molar-refractivity contribution is -0.121. The lowest BCUT2D eigenvalue weighted by atomic mass is 9.90. The summed E-state index contributed by atoms with van der Waals surface area (Å²) in [5.74, 6) is -0.116. The van der Waals surface area contributed by atoms with Gasteiger partial charge in [-0.1, -0.05) is 43.8 Å². The van der Waals surface area contributed by atoms with Crippen molar-refractivity contribution in [1.29, 1.82) is 5.26 Å². The summed E-state index contributed by atoms with van der Waals surface area (Å²) in [4.78, 5) is 17.3. The molecule has 4 nitrogen and oxygen atoms in total. The SMILES string of the molecule is Cc1cc(S[C@@H](C)C(=O)N[C@@](C)(C#N)C(C)C)nc2c(C)cccc12. The Kier molecular flexibility index (Phi) is 5.74. The van der Waals surface area contributed by atoms with Crippen molar-refractivity contribution in [2.24, 2.45) is 5.92 Å². The van der Waals surface area contributed by atoms with Crippen LogP contribution in [0.2, 0.25) is 0 Å². The second-order valence-corrected chi connectivity index (χ2v) is 8.33. The molecule has 132 valence electrons. The number of carbonyl (C=O) groups is 1. The Morgan fingerprint density at radius 3 is 2.56 bits per heavy atom. The van der Waals surface area contributed by atoms with Crippen molar-refractivity contribution >= 4 is 28.6 Å². The number of fused-ring (bicyclic) bond motifs is 1. The Hall–Kier alpha value is -2.06. The van der Waals surface area contributed by atoms with Crippen LogP contribution in [0, 0.1) is 31.1 Å². The molecule has 0 aliphatic heterocycles. The third-order valence-corrected chi connectivity index (χ3v) is 5.68. The Labute approximate surface area is 154 Å². The molecule has 0 saturated heterocycles.